The van der Waals surface area contributed by atoms with Crippen molar-refractivity contribution in [3.8, 4) is 0 Å². The Labute approximate surface area is 109 Å². The summed E-state index contributed by atoms with van der Waals surface area (Å²) in [6.07, 6.45) is 1.29. The number of thioether (sulfide) groups is 1. The minimum Gasteiger partial charge on any atom is -0.480 e. The molecule has 0 spiro atoms. The van der Waals surface area contributed by atoms with E-state index in [1.54, 1.807) is 16.7 Å². The summed E-state index contributed by atoms with van der Waals surface area (Å²) in [6, 6.07) is 9.23. The molecule has 3 unspecified atom stereocenters. The molecular weight excluding hydrogens is 250 g/mol. The van der Waals surface area contributed by atoms with Crippen LogP contribution in [-0.2, 0) is 9.59 Å². The Morgan fingerprint density at radius 2 is 2.06 bits per heavy atom. The van der Waals surface area contributed by atoms with E-state index in [0.29, 0.717) is 6.42 Å². The van der Waals surface area contributed by atoms with Crippen LogP contribution in [0.5, 0.6) is 0 Å². The zero-order chi connectivity index (χ0) is 12.7. The number of carbonyl (C=O) groups excluding carboxylic acids is 1. The predicted molar refractivity (Wildman–Crippen MR) is 67.4 cm³/mol. The van der Waals surface area contributed by atoms with Crippen molar-refractivity contribution in [2.75, 3.05) is 0 Å². The second-order valence-electron chi connectivity index (χ2n) is 4.65. The summed E-state index contributed by atoms with van der Waals surface area (Å²) in [5.74, 6) is -0.914. The third-order valence-electron chi connectivity index (χ3n) is 3.53. The molecule has 2 fully saturated rings. The summed E-state index contributed by atoms with van der Waals surface area (Å²) in [7, 11) is 0. The van der Waals surface area contributed by atoms with Crippen LogP contribution >= 0.6 is 11.8 Å². The zero-order valence-electron chi connectivity index (χ0n) is 9.65. The number of carboxylic acid groups (broad SMARTS) is 1. The van der Waals surface area contributed by atoms with Gasteiger partial charge in [0.05, 0.1) is 0 Å². The van der Waals surface area contributed by atoms with Gasteiger partial charge in [-0.2, -0.15) is 0 Å². The smallest absolute Gasteiger partial charge is 0.327 e. The van der Waals surface area contributed by atoms with Crippen molar-refractivity contribution in [3.05, 3.63) is 30.3 Å². The van der Waals surface area contributed by atoms with Crippen LogP contribution in [0.1, 0.15) is 12.8 Å². The minimum absolute atomic E-state index is 0.0245. The average Bonchev–Trinajstić information content (AvgIpc) is 2.63. The highest BCUT2D eigenvalue weighted by molar-refractivity contribution is 8.00. The standard InChI is InChI=1S/C13H13NO3S/c15-11-7-8-6-10(12(13(16)17)14(8)11)18-9-4-2-1-3-5-9/h1-5,8,10,12H,6-7H2,(H,16,17). The lowest BCUT2D eigenvalue weighted by molar-refractivity contribution is -0.156. The van der Waals surface area contributed by atoms with Crippen LogP contribution in [0.3, 0.4) is 0 Å². The maximum Gasteiger partial charge on any atom is 0.327 e. The average molecular weight is 263 g/mol. The first-order valence-corrected chi connectivity index (χ1v) is 6.80. The Morgan fingerprint density at radius 3 is 2.67 bits per heavy atom. The van der Waals surface area contributed by atoms with Crippen molar-refractivity contribution < 1.29 is 14.7 Å². The quantitative estimate of drug-likeness (QED) is 0.842. The fourth-order valence-electron chi connectivity index (χ4n) is 2.72. The first kappa shape index (κ1) is 11.6. The molecule has 0 saturated carbocycles. The van der Waals surface area contributed by atoms with E-state index in [0.717, 1.165) is 11.3 Å². The molecule has 0 radical (unpaired) electrons. The maximum atomic E-state index is 11.5. The molecule has 18 heavy (non-hydrogen) atoms. The summed E-state index contributed by atoms with van der Waals surface area (Å²) in [5.41, 5.74) is 0. The molecule has 2 aliphatic heterocycles. The number of benzene rings is 1. The van der Waals surface area contributed by atoms with E-state index in [9.17, 15) is 14.7 Å². The molecule has 1 N–H and O–H groups in total. The van der Waals surface area contributed by atoms with Crippen molar-refractivity contribution >= 4 is 23.6 Å². The minimum atomic E-state index is -0.890. The van der Waals surface area contributed by atoms with E-state index < -0.39 is 12.0 Å². The molecule has 3 atom stereocenters. The number of carbonyl (C=O) groups is 2. The van der Waals surface area contributed by atoms with Gasteiger partial charge >= 0.3 is 5.97 Å². The topological polar surface area (TPSA) is 57.6 Å². The predicted octanol–water partition coefficient (Wildman–Crippen LogP) is 1.61. The molecule has 0 bridgehead atoms. The van der Waals surface area contributed by atoms with Gasteiger partial charge in [-0.25, -0.2) is 4.79 Å². The molecule has 0 aliphatic carbocycles. The van der Waals surface area contributed by atoms with E-state index in [1.807, 2.05) is 30.3 Å². The summed E-state index contributed by atoms with van der Waals surface area (Å²) < 4.78 is 0. The van der Waals surface area contributed by atoms with Crippen LogP contribution in [0.15, 0.2) is 35.2 Å². The van der Waals surface area contributed by atoms with E-state index >= 15 is 0 Å². The van der Waals surface area contributed by atoms with Gasteiger partial charge < -0.3 is 10.0 Å². The van der Waals surface area contributed by atoms with Crippen LogP contribution in [-0.4, -0.2) is 39.2 Å². The molecule has 4 nitrogen and oxygen atoms in total. The Kier molecular flexibility index (Phi) is 2.78. The monoisotopic (exact) mass is 263 g/mol. The number of amides is 1. The van der Waals surface area contributed by atoms with Crippen molar-refractivity contribution in [2.45, 2.75) is 35.1 Å². The van der Waals surface area contributed by atoms with Gasteiger partial charge in [-0.1, -0.05) is 18.2 Å². The lowest BCUT2D eigenvalue weighted by Crippen LogP contribution is -2.55. The molecule has 2 heterocycles. The third kappa shape index (κ3) is 1.79. The zero-order valence-corrected chi connectivity index (χ0v) is 10.5. The Bertz CT molecular complexity index is 490. The second kappa shape index (κ2) is 4.31. The molecule has 2 aliphatic rings. The van der Waals surface area contributed by atoms with E-state index in [1.165, 1.54) is 0 Å². The molecule has 3 rings (SSSR count). The van der Waals surface area contributed by atoms with Crippen LogP contribution < -0.4 is 0 Å². The fraction of sp³-hybridized carbons (Fsp3) is 0.385. The Balaban J connectivity index is 1.79. The van der Waals surface area contributed by atoms with Gasteiger partial charge in [0.2, 0.25) is 5.91 Å². The summed E-state index contributed by atoms with van der Waals surface area (Å²) in [6.45, 7) is 0. The highest BCUT2D eigenvalue weighted by Gasteiger charge is 2.54. The van der Waals surface area contributed by atoms with Gasteiger partial charge in [-0.3, -0.25) is 4.79 Å². The van der Waals surface area contributed by atoms with E-state index in [4.69, 9.17) is 0 Å². The van der Waals surface area contributed by atoms with Gasteiger partial charge in [-0.05, 0) is 18.6 Å². The molecule has 1 aromatic carbocycles. The summed E-state index contributed by atoms with van der Waals surface area (Å²) in [5, 5.41) is 9.25. The second-order valence-corrected chi connectivity index (χ2v) is 5.96. The number of rotatable bonds is 3. The van der Waals surface area contributed by atoms with Gasteiger partial charge in [0.25, 0.3) is 0 Å². The molecule has 0 aromatic heterocycles. The number of fused-ring (bicyclic) bond motifs is 1. The largest absolute Gasteiger partial charge is 0.480 e. The third-order valence-corrected chi connectivity index (χ3v) is 4.83. The van der Waals surface area contributed by atoms with Crippen LogP contribution in [0.25, 0.3) is 0 Å². The van der Waals surface area contributed by atoms with Crippen LogP contribution in [0.2, 0.25) is 0 Å². The van der Waals surface area contributed by atoms with E-state index in [2.05, 4.69) is 0 Å². The lowest BCUT2D eigenvalue weighted by atomic mass is 10.0. The van der Waals surface area contributed by atoms with Crippen LogP contribution in [0, 0.1) is 0 Å². The van der Waals surface area contributed by atoms with Gasteiger partial charge in [-0.15, -0.1) is 11.8 Å². The van der Waals surface area contributed by atoms with Crippen molar-refractivity contribution in [1.82, 2.24) is 4.90 Å². The normalized spacial score (nSPS) is 29.9. The SMILES string of the molecule is O=C(O)C1C(Sc2ccccc2)CC2CC(=O)N21. The molecule has 1 amide bonds. The lowest BCUT2D eigenvalue weighted by Gasteiger charge is -2.37. The molecule has 94 valence electrons. The number of nitrogens with zero attached hydrogens (tertiary/aromatic N) is 1. The summed E-state index contributed by atoms with van der Waals surface area (Å²) >= 11 is 1.56. The maximum absolute atomic E-state index is 11.5. The highest BCUT2D eigenvalue weighted by atomic mass is 32.2. The van der Waals surface area contributed by atoms with Crippen molar-refractivity contribution in [2.24, 2.45) is 0 Å². The number of β-lactam (4-membered cyclic amide) rings is 1. The Morgan fingerprint density at radius 1 is 1.33 bits per heavy atom. The summed E-state index contributed by atoms with van der Waals surface area (Å²) in [4.78, 5) is 25.4. The molecule has 2 saturated heterocycles. The number of hydrogen-bond acceptors (Lipinski definition) is 3. The number of hydrogen-bond donors (Lipinski definition) is 1. The molecular formula is C13H13NO3S. The number of carboxylic acids is 1. The fourth-order valence-corrected chi connectivity index (χ4v) is 4.07. The first-order chi connectivity index (χ1) is 8.66. The Hall–Kier alpha value is -1.49. The van der Waals surface area contributed by atoms with Crippen molar-refractivity contribution in [3.63, 3.8) is 0 Å². The van der Waals surface area contributed by atoms with Gasteiger partial charge in [0.15, 0.2) is 0 Å². The molecule has 1 aromatic rings. The van der Waals surface area contributed by atoms with Crippen LogP contribution in [0.4, 0.5) is 0 Å². The number of aliphatic carboxylic acids is 1. The van der Waals surface area contributed by atoms with E-state index in [-0.39, 0.29) is 17.2 Å². The van der Waals surface area contributed by atoms with Gasteiger partial charge in [0, 0.05) is 22.6 Å². The highest BCUT2D eigenvalue weighted by Crippen LogP contribution is 2.43. The first-order valence-electron chi connectivity index (χ1n) is 5.92. The van der Waals surface area contributed by atoms with Gasteiger partial charge in [0.1, 0.15) is 6.04 Å². The molecule has 5 heteroatoms. The van der Waals surface area contributed by atoms with Crippen molar-refractivity contribution in [1.29, 1.82) is 0 Å².